The standard InChI is InChI=1S/C16H24BrNO/c1-12(19)15-10-9-14(11-16(15)17)18(2)13-7-5-3-4-6-8-13/h9-13,19H,3-8H2,1-2H3/t12-/m0/s1. The lowest BCUT2D eigenvalue weighted by molar-refractivity contribution is 0.198. The Bertz CT molecular complexity index is 411. The van der Waals surface area contributed by atoms with Gasteiger partial charge in [-0.15, -0.1) is 0 Å². The van der Waals surface area contributed by atoms with Gasteiger partial charge in [-0.3, -0.25) is 0 Å². The fraction of sp³-hybridized carbons (Fsp3) is 0.625. The first-order valence-corrected chi connectivity index (χ1v) is 8.09. The van der Waals surface area contributed by atoms with Crippen molar-refractivity contribution < 1.29 is 5.11 Å². The highest BCUT2D eigenvalue weighted by Gasteiger charge is 2.18. The summed E-state index contributed by atoms with van der Waals surface area (Å²) in [5.41, 5.74) is 2.20. The molecule has 0 spiro atoms. The second kappa shape index (κ2) is 6.76. The minimum atomic E-state index is -0.424. The third-order valence-electron chi connectivity index (χ3n) is 4.21. The van der Waals surface area contributed by atoms with Gasteiger partial charge in [0.15, 0.2) is 0 Å². The van der Waals surface area contributed by atoms with E-state index in [2.05, 4.69) is 40.0 Å². The summed E-state index contributed by atoms with van der Waals surface area (Å²) < 4.78 is 1.00. The molecule has 2 nitrogen and oxygen atoms in total. The molecule has 0 amide bonds. The van der Waals surface area contributed by atoms with Crippen molar-refractivity contribution in [3.63, 3.8) is 0 Å². The molecule has 0 aliphatic heterocycles. The van der Waals surface area contributed by atoms with Crippen molar-refractivity contribution in [2.24, 2.45) is 0 Å². The average Bonchev–Trinajstić information content (AvgIpc) is 2.66. The first kappa shape index (κ1) is 14.9. The summed E-state index contributed by atoms with van der Waals surface area (Å²) in [5.74, 6) is 0. The maximum Gasteiger partial charge on any atom is 0.0772 e. The van der Waals surface area contributed by atoms with E-state index in [4.69, 9.17) is 0 Å². The molecular weight excluding hydrogens is 302 g/mol. The van der Waals surface area contributed by atoms with Gasteiger partial charge >= 0.3 is 0 Å². The van der Waals surface area contributed by atoms with E-state index in [9.17, 15) is 5.11 Å². The van der Waals surface area contributed by atoms with Crippen molar-refractivity contribution in [3.05, 3.63) is 28.2 Å². The molecule has 1 N–H and O–H groups in total. The molecule has 0 saturated heterocycles. The van der Waals surface area contributed by atoms with Crippen molar-refractivity contribution in [1.29, 1.82) is 0 Å². The summed E-state index contributed by atoms with van der Waals surface area (Å²) in [6.45, 7) is 1.80. The summed E-state index contributed by atoms with van der Waals surface area (Å²) in [6, 6.07) is 6.94. The smallest absolute Gasteiger partial charge is 0.0772 e. The van der Waals surface area contributed by atoms with E-state index >= 15 is 0 Å². The van der Waals surface area contributed by atoms with Crippen LogP contribution in [0.5, 0.6) is 0 Å². The number of aliphatic hydroxyl groups excluding tert-OH is 1. The van der Waals surface area contributed by atoms with Crippen molar-refractivity contribution in [2.45, 2.75) is 57.6 Å². The van der Waals surface area contributed by atoms with Gasteiger partial charge in [0, 0.05) is 23.2 Å². The number of hydrogen-bond donors (Lipinski definition) is 1. The van der Waals surface area contributed by atoms with Crippen LogP contribution in [0, 0.1) is 0 Å². The minimum absolute atomic E-state index is 0.424. The third kappa shape index (κ3) is 3.73. The van der Waals surface area contributed by atoms with Crippen LogP contribution in [-0.2, 0) is 0 Å². The molecule has 1 saturated carbocycles. The van der Waals surface area contributed by atoms with Gasteiger partial charge < -0.3 is 10.0 Å². The largest absolute Gasteiger partial charge is 0.389 e. The van der Waals surface area contributed by atoms with E-state index in [1.807, 2.05) is 6.07 Å². The van der Waals surface area contributed by atoms with Crippen LogP contribution in [-0.4, -0.2) is 18.2 Å². The van der Waals surface area contributed by atoms with Crippen LogP contribution in [0.4, 0.5) is 5.69 Å². The highest BCUT2D eigenvalue weighted by atomic mass is 79.9. The van der Waals surface area contributed by atoms with Gasteiger partial charge in [0.1, 0.15) is 0 Å². The fourth-order valence-corrected chi connectivity index (χ4v) is 3.63. The summed E-state index contributed by atoms with van der Waals surface area (Å²) in [4.78, 5) is 2.40. The summed E-state index contributed by atoms with van der Waals surface area (Å²) in [7, 11) is 2.19. The van der Waals surface area contributed by atoms with E-state index in [0.717, 1.165) is 10.0 Å². The molecule has 1 aliphatic carbocycles. The summed E-state index contributed by atoms with van der Waals surface area (Å²) in [5, 5.41) is 9.68. The Morgan fingerprint density at radius 1 is 1.21 bits per heavy atom. The molecule has 106 valence electrons. The maximum absolute atomic E-state index is 9.68. The van der Waals surface area contributed by atoms with Gasteiger partial charge in [-0.25, -0.2) is 0 Å². The van der Waals surface area contributed by atoms with E-state index < -0.39 is 6.10 Å². The second-order valence-electron chi connectivity index (χ2n) is 5.64. The Morgan fingerprint density at radius 3 is 2.37 bits per heavy atom. The van der Waals surface area contributed by atoms with Crippen molar-refractivity contribution >= 4 is 21.6 Å². The van der Waals surface area contributed by atoms with Crippen LogP contribution >= 0.6 is 15.9 Å². The number of benzene rings is 1. The van der Waals surface area contributed by atoms with Crippen LogP contribution in [0.2, 0.25) is 0 Å². The topological polar surface area (TPSA) is 23.5 Å². The molecule has 2 rings (SSSR count). The lowest BCUT2D eigenvalue weighted by Crippen LogP contribution is -2.31. The molecule has 3 heteroatoms. The molecule has 0 aromatic heterocycles. The number of rotatable bonds is 3. The van der Waals surface area contributed by atoms with Crippen LogP contribution in [0.25, 0.3) is 0 Å². The first-order valence-electron chi connectivity index (χ1n) is 7.30. The zero-order chi connectivity index (χ0) is 13.8. The molecule has 19 heavy (non-hydrogen) atoms. The molecule has 0 heterocycles. The number of nitrogens with zero attached hydrogens (tertiary/aromatic N) is 1. The van der Waals surface area contributed by atoms with Crippen molar-refractivity contribution in [1.82, 2.24) is 0 Å². The van der Waals surface area contributed by atoms with Gasteiger partial charge in [-0.2, -0.15) is 0 Å². The van der Waals surface area contributed by atoms with Crippen LogP contribution in [0.15, 0.2) is 22.7 Å². The second-order valence-corrected chi connectivity index (χ2v) is 6.49. The van der Waals surface area contributed by atoms with E-state index in [-0.39, 0.29) is 0 Å². The average molecular weight is 326 g/mol. The maximum atomic E-state index is 9.68. The molecule has 0 unspecified atom stereocenters. The summed E-state index contributed by atoms with van der Waals surface area (Å²) in [6.07, 6.45) is 7.64. The Kier molecular flexibility index (Phi) is 5.28. The lowest BCUT2D eigenvalue weighted by atomic mass is 10.1. The first-order chi connectivity index (χ1) is 9.09. The Morgan fingerprint density at radius 2 is 1.84 bits per heavy atom. The zero-order valence-corrected chi connectivity index (χ0v) is 13.5. The van der Waals surface area contributed by atoms with E-state index in [1.165, 1.54) is 44.2 Å². The van der Waals surface area contributed by atoms with Gasteiger partial charge in [0.2, 0.25) is 0 Å². The predicted molar refractivity (Wildman–Crippen MR) is 84.7 cm³/mol. The number of halogens is 1. The highest BCUT2D eigenvalue weighted by Crippen LogP contribution is 2.31. The molecule has 1 atom stereocenters. The zero-order valence-electron chi connectivity index (χ0n) is 11.9. The quantitative estimate of drug-likeness (QED) is 0.817. The summed E-state index contributed by atoms with van der Waals surface area (Å²) >= 11 is 3.57. The van der Waals surface area contributed by atoms with Gasteiger partial charge in [-0.05, 0) is 37.5 Å². The van der Waals surface area contributed by atoms with E-state index in [1.54, 1.807) is 6.92 Å². The molecule has 1 aromatic rings. The SMILES string of the molecule is C[C@H](O)c1ccc(N(C)C2CCCCCC2)cc1Br. The van der Waals surface area contributed by atoms with E-state index in [0.29, 0.717) is 6.04 Å². The number of aliphatic hydroxyl groups is 1. The Hall–Kier alpha value is -0.540. The van der Waals surface area contributed by atoms with Crippen LogP contribution < -0.4 is 4.90 Å². The van der Waals surface area contributed by atoms with Crippen molar-refractivity contribution in [3.8, 4) is 0 Å². The molecule has 0 radical (unpaired) electrons. The fourth-order valence-electron chi connectivity index (χ4n) is 2.93. The Labute approximate surface area is 124 Å². The third-order valence-corrected chi connectivity index (χ3v) is 4.90. The Balaban J connectivity index is 2.14. The predicted octanol–water partition coefficient (Wildman–Crippen LogP) is 4.66. The molecular formula is C16H24BrNO. The van der Waals surface area contributed by atoms with Gasteiger partial charge in [-0.1, -0.05) is 47.7 Å². The number of anilines is 1. The monoisotopic (exact) mass is 325 g/mol. The minimum Gasteiger partial charge on any atom is -0.389 e. The van der Waals surface area contributed by atoms with Gasteiger partial charge in [0.25, 0.3) is 0 Å². The molecule has 0 bridgehead atoms. The van der Waals surface area contributed by atoms with Gasteiger partial charge in [0.05, 0.1) is 6.10 Å². The molecule has 1 fully saturated rings. The number of hydrogen-bond acceptors (Lipinski definition) is 2. The van der Waals surface area contributed by atoms with Crippen LogP contribution in [0.3, 0.4) is 0 Å². The normalized spacial score (nSPS) is 18.9. The molecule has 1 aliphatic rings. The lowest BCUT2D eigenvalue weighted by Gasteiger charge is -2.30. The molecule has 1 aromatic carbocycles. The van der Waals surface area contributed by atoms with Crippen molar-refractivity contribution in [2.75, 3.05) is 11.9 Å². The van der Waals surface area contributed by atoms with Crippen LogP contribution in [0.1, 0.15) is 57.1 Å². The highest BCUT2D eigenvalue weighted by molar-refractivity contribution is 9.10.